The maximum absolute atomic E-state index is 11.4. The molecule has 3 aromatic carbocycles. The molecule has 0 spiro atoms. The zero-order valence-electron chi connectivity index (χ0n) is 17.1. The second-order valence-electron chi connectivity index (χ2n) is 7.14. The van der Waals surface area contributed by atoms with Crippen LogP contribution in [0.15, 0.2) is 66.7 Å². The fourth-order valence-corrected chi connectivity index (χ4v) is 3.68. The van der Waals surface area contributed by atoms with Crippen LogP contribution < -0.4 is 10.1 Å². The number of nitrogens with one attached hydrogen (secondary N) is 2. The molecule has 5 rings (SSSR count). The van der Waals surface area contributed by atoms with E-state index in [1.807, 2.05) is 48.5 Å². The van der Waals surface area contributed by atoms with Crippen molar-refractivity contribution in [2.24, 2.45) is 0 Å². The van der Waals surface area contributed by atoms with E-state index in [9.17, 15) is 10.1 Å². The van der Waals surface area contributed by atoms with Gasteiger partial charge in [-0.05, 0) is 24.3 Å². The average Bonchev–Trinajstić information content (AvgIpc) is 3.25. The van der Waals surface area contributed by atoms with Gasteiger partial charge in [-0.15, -0.1) is 10.2 Å². The van der Waals surface area contributed by atoms with Gasteiger partial charge in [-0.25, -0.2) is 4.98 Å². The largest absolute Gasteiger partial charge is 0.490 e. The molecule has 0 amide bonds. The van der Waals surface area contributed by atoms with E-state index in [0.717, 1.165) is 27.6 Å². The quantitative estimate of drug-likeness (QED) is 0.298. The molecule has 2 N–H and O–H groups in total. The van der Waals surface area contributed by atoms with Crippen molar-refractivity contribution >= 4 is 33.3 Å². The van der Waals surface area contributed by atoms with Crippen LogP contribution in [0.3, 0.4) is 0 Å². The van der Waals surface area contributed by atoms with Gasteiger partial charge in [0.15, 0.2) is 11.6 Å². The Morgan fingerprint density at radius 1 is 1.03 bits per heavy atom. The van der Waals surface area contributed by atoms with Crippen LogP contribution in [0.1, 0.15) is 5.82 Å². The van der Waals surface area contributed by atoms with Crippen molar-refractivity contribution in [2.45, 2.75) is 6.54 Å². The fourth-order valence-electron chi connectivity index (χ4n) is 3.68. The molecule has 32 heavy (non-hydrogen) atoms. The van der Waals surface area contributed by atoms with Crippen molar-refractivity contribution in [3.63, 3.8) is 0 Å². The molecule has 0 aliphatic carbocycles. The van der Waals surface area contributed by atoms with E-state index >= 15 is 0 Å². The summed E-state index contributed by atoms with van der Waals surface area (Å²) >= 11 is 0. The summed E-state index contributed by atoms with van der Waals surface area (Å²) in [5, 5.41) is 25.2. The van der Waals surface area contributed by atoms with Crippen LogP contribution in [0, 0.1) is 10.1 Å². The molecule has 2 heterocycles. The van der Waals surface area contributed by atoms with Gasteiger partial charge in [-0.1, -0.05) is 36.4 Å². The molecule has 0 bridgehead atoms. The SMILES string of the molecule is COc1ccc(-c2nnc(NCc3nc4ccccc4[nH]3)c3ccccc23)cc1[N+](=O)[O-]. The topological polar surface area (TPSA) is 119 Å². The lowest BCUT2D eigenvalue weighted by molar-refractivity contribution is -0.385. The normalized spacial score (nSPS) is 11.0. The number of H-pyrrole nitrogens is 1. The third-order valence-corrected chi connectivity index (χ3v) is 5.20. The molecule has 0 unspecified atom stereocenters. The van der Waals surface area contributed by atoms with E-state index in [-0.39, 0.29) is 11.4 Å². The van der Waals surface area contributed by atoms with E-state index in [1.165, 1.54) is 13.2 Å². The van der Waals surface area contributed by atoms with E-state index in [0.29, 0.717) is 23.6 Å². The van der Waals surface area contributed by atoms with Gasteiger partial charge in [0.2, 0.25) is 0 Å². The second-order valence-corrected chi connectivity index (χ2v) is 7.14. The summed E-state index contributed by atoms with van der Waals surface area (Å²) in [4.78, 5) is 18.8. The van der Waals surface area contributed by atoms with Gasteiger partial charge in [-0.3, -0.25) is 10.1 Å². The first-order valence-corrected chi connectivity index (χ1v) is 9.90. The van der Waals surface area contributed by atoms with Crippen LogP contribution in [0.25, 0.3) is 33.1 Å². The number of methoxy groups -OCH3 is 1. The first kappa shape index (κ1) is 19.4. The number of anilines is 1. The molecular formula is C23H18N6O3. The predicted octanol–water partition coefficient (Wildman–Crippen LogP) is 4.70. The number of nitrogens with zero attached hydrogens (tertiary/aromatic N) is 4. The minimum absolute atomic E-state index is 0.122. The lowest BCUT2D eigenvalue weighted by Crippen LogP contribution is -2.05. The van der Waals surface area contributed by atoms with Crippen molar-refractivity contribution in [3.05, 3.63) is 82.7 Å². The average molecular weight is 426 g/mol. The van der Waals surface area contributed by atoms with E-state index in [2.05, 4.69) is 25.5 Å². The molecule has 0 saturated carbocycles. The Morgan fingerprint density at radius 2 is 1.81 bits per heavy atom. The highest BCUT2D eigenvalue weighted by Crippen LogP contribution is 2.35. The van der Waals surface area contributed by atoms with Crippen molar-refractivity contribution in [1.29, 1.82) is 0 Å². The van der Waals surface area contributed by atoms with Crippen molar-refractivity contribution < 1.29 is 9.66 Å². The number of nitro benzene ring substituents is 1. The Balaban J connectivity index is 1.51. The summed E-state index contributed by atoms with van der Waals surface area (Å²) in [5.41, 5.74) is 2.89. The van der Waals surface area contributed by atoms with Gasteiger partial charge in [0.1, 0.15) is 11.5 Å². The summed E-state index contributed by atoms with van der Waals surface area (Å²) in [5.74, 6) is 1.58. The van der Waals surface area contributed by atoms with Gasteiger partial charge >= 0.3 is 5.69 Å². The van der Waals surface area contributed by atoms with Gasteiger partial charge in [0.05, 0.1) is 29.6 Å². The number of ether oxygens (including phenoxy) is 1. The van der Waals surface area contributed by atoms with Crippen LogP contribution >= 0.6 is 0 Å². The van der Waals surface area contributed by atoms with Crippen molar-refractivity contribution in [3.8, 4) is 17.0 Å². The number of benzene rings is 3. The maximum atomic E-state index is 11.4. The van der Waals surface area contributed by atoms with Crippen molar-refractivity contribution in [1.82, 2.24) is 20.2 Å². The summed E-state index contributed by atoms with van der Waals surface area (Å²) in [6, 6.07) is 20.3. The number of aromatic amines is 1. The minimum atomic E-state index is -0.471. The summed E-state index contributed by atoms with van der Waals surface area (Å²) in [6.45, 7) is 0.445. The summed E-state index contributed by atoms with van der Waals surface area (Å²) in [7, 11) is 1.40. The zero-order chi connectivity index (χ0) is 22.1. The predicted molar refractivity (Wildman–Crippen MR) is 122 cm³/mol. The molecule has 0 atom stereocenters. The lowest BCUT2D eigenvalue weighted by atomic mass is 10.0. The number of hydrogen-bond acceptors (Lipinski definition) is 7. The first-order chi connectivity index (χ1) is 15.6. The van der Waals surface area contributed by atoms with Crippen LogP contribution in [0.5, 0.6) is 5.75 Å². The monoisotopic (exact) mass is 426 g/mol. The van der Waals surface area contributed by atoms with Gasteiger partial charge < -0.3 is 15.0 Å². The Morgan fingerprint density at radius 3 is 2.59 bits per heavy atom. The summed E-state index contributed by atoms with van der Waals surface area (Å²) < 4.78 is 5.10. The first-order valence-electron chi connectivity index (χ1n) is 9.90. The highest BCUT2D eigenvalue weighted by molar-refractivity contribution is 6.00. The van der Waals surface area contributed by atoms with Gasteiger partial charge in [0.25, 0.3) is 0 Å². The Hall–Kier alpha value is -4.53. The summed E-state index contributed by atoms with van der Waals surface area (Å²) in [6.07, 6.45) is 0. The molecular weight excluding hydrogens is 408 g/mol. The fraction of sp³-hybridized carbons (Fsp3) is 0.0870. The van der Waals surface area contributed by atoms with Crippen LogP contribution in [-0.4, -0.2) is 32.2 Å². The number of aromatic nitrogens is 4. The second kappa shape index (κ2) is 7.95. The number of imidazole rings is 1. The Kier molecular flexibility index (Phi) is 4.83. The third kappa shape index (κ3) is 3.45. The van der Waals surface area contributed by atoms with E-state index in [1.54, 1.807) is 12.1 Å². The zero-order valence-corrected chi connectivity index (χ0v) is 17.1. The molecule has 9 heteroatoms. The number of para-hydroxylation sites is 2. The smallest absolute Gasteiger partial charge is 0.311 e. The third-order valence-electron chi connectivity index (χ3n) is 5.20. The molecule has 0 aliphatic heterocycles. The Labute approximate surface area is 182 Å². The van der Waals surface area contributed by atoms with Gasteiger partial charge in [0, 0.05) is 22.4 Å². The van der Waals surface area contributed by atoms with E-state index in [4.69, 9.17) is 4.74 Å². The molecule has 0 fully saturated rings. The molecule has 0 saturated heterocycles. The number of rotatable bonds is 6. The molecule has 5 aromatic rings. The molecule has 0 radical (unpaired) electrons. The number of hydrogen-bond donors (Lipinski definition) is 2. The standard InChI is InChI=1S/C23H18N6O3/c1-32-20-11-10-14(12-19(20)29(30)31)22-15-6-2-3-7-16(15)23(28-27-22)24-13-21-25-17-8-4-5-9-18(17)26-21/h2-12H,13H2,1H3,(H,24,28)(H,25,26). The van der Waals surface area contributed by atoms with Crippen molar-refractivity contribution in [2.75, 3.05) is 12.4 Å². The van der Waals surface area contributed by atoms with Crippen LogP contribution in [0.4, 0.5) is 11.5 Å². The number of fused-ring (bicyclic) bond motifs is 2. The minimum Gasteiger partial charge on any atom is -0.490 e. The lowest BCUT2D eigenvalue weighted by Gasteiger charge is -2.11. The van der Waals surface area contributed by atoms with Crippen LogP contribution in [-0.2, 0) is 6.54 Å². The van der Waals surface area contributed by atoms with E-state index < -0.39 is 4.92 Å². The van der Waals surface area contributed by atoms with Gasteiger partial charge in [-0.2, -0.15) is 0 Å². The molecule has 2 aromatic heterocycles. The Bertz CT molecular complexity index is 1430. The molecule has 9 nitrogen and oxygen atoms in total. The number of nitro groups is 1. The molecule has 158 valence electrons. The molecule has 0 aliphatic rings. The maximum Gasteiger partial charge on any atom is 0.311 e. The highest BCUT2D eigenvalue weighted by Gasteiger charge is 2.18. The van der Waals surface area contributed by atoms with Crippen LogP contribution in [0.2, 0.25) is 0 Å². The highest BCUT2D eigenvalue weighted by atomic mass is 16.6.